The van der Waals surface area contributed by atoms with Gasteiger partial charge in [-0.15, -0.1) is 0 Å². The van der Waals surface area contributed by atoms with Gasteiger partial charge in [0.2, 0.25) is 5.91 Å². The second-order valence-electron chi connectivity index (χ2n) is 5.32. The summed E-state index contributed by atoms with van der Waals surface area (Å²) in [5, 5.41) is 11.5. The van der Waals surface area contributed by atoms with E-state index in [-0.39, 0.29) is 17.2 Å². The van der Waals surface area contributed by atoms with Crippen LogP contribution in [0.5, 0.6) is 0 Å². The molecule has 0 aliphatic heterocycles. The van der Waals surface area contributed by atoms with Crippen LogP contribution in [-0.2, 0) is 9.59 Å². The standard InChI is InChI=1S/C14H20N2O3/c15-11(13(18)19)5-1-4-8-16-12(17)10-9-14(10)6-2-3-7-14/h2-3,6-7,10-11H,1,4-5,8-9,15H2,(H,16,17)(H,18,19)/t10?,11-/m0/s1. The van der Waals surface area contributed by atoms with E-state index in [1.165, 1.54) is 0 Å². The smallest absolute Gasteiger partial charge is 0.320 e. The van der Waals surface area contributed by atoms with Crippen molar-refractivity contribution >= 4 is 11.9 Å². The first-order valence-electron chi connectivity index (χ1n) is 6.68. The third kappa shape index (κ3) is 3.23. The molecule has 0 radical (unpaired) electrons. The molecule has 0 aromatic heterocycles. The summed E-state index contributed by atoms with van der Waals surface area (Å²) in [5.74, 6) is -0.800. The van der Waals surface area contributed by atoms with Gasteiger partial charge in [0.15, 0.2) is 0 Å². The van der Waals surface area contributed by atoms with Crippen LogP contribution in [0.3, 0.4) is 0 Å². The molecular formula is C14H20N2O3. The Hall–Kier alpha value is -1.62. The van der Waals surface area contributed by atoms with Crippen LogP contribution in [0.2, 0.25) is 0 Å². The summed E-state index contributed by atoms with van der Waals surface area (Å²) in [4.78, 5) is 22.4. The summed E-state index contributed by atoms with van der Waals surface area (Å²) >= 11 is 0. The van der Waals surface area contributed by atoms with Gasteiger partial charge in [-0.3, -0.25) is 9.59 Å². The minimum absolute atomic E-state index is 0.00422. The molecule has 0 bridgehead atoms. The average molecular weight is 264 g/mol. The Balaban J connectivity index is 1.57. The van der Waals surface area contributed by atoms with Crippen molar-refractivity contribution < 1.29 is 14.7 Å². The second kappa shape index (κ2) is 5.57. The maximum absolute atomic E-state index is 11.9. The number of allylic oxidation sites excluding steroid dienone is 4. The zero-order valence-electron chi connectivity index (χ0n) is 10.8. The van der Waals surface area contributed by atoms with Gasteiger partial charge in [0.05, 0.1) is 5.92 Å². The maximum atomic E-state index is 11.9. The monoisotopic (exact) mass is 264 g/mol. The number of hydrogen-bond donors (Lipinski definition) is 3. The molecule has 5 heteroatoms. The van der Waals surface area contributed by atoms with Gasteiger partial charge in [0.1, 0.15) is 6.04 Å². The number of unbranched alkanes of at least 4 members (excludes halogenated alkanes) is 1. The minimum Gasteiger partial charge on any atom is -0.480 e. The molecule has 2 rings (SSSR count). The number of carboxylic acids is 1. The maximum Gasteiger partial charge on any atom is 0.320 e. The number of nitrogens with two attached hydrogens (primary N) is 1. The molecule has 4 N–H and O–H groups in total. The molecule has 1 amide bonds. The van der Waals surface area contributed by atoms with E-state index in [2.05, 4.69) is 17.5 Å². The summed E-state index contributed by atoms with van der Waals surface area (Å²) in [7, 11) is 0. The van der Waals surface area contributed by atoms with E-state index in [0.717, 1.165) is 12.8 Å². The van der Waals surface area contributed by atoms with Crippen LogP contribution in [0.4, 0.5) is 0 Å². The van der Waals surface area contributed by atoms with Crippen molar-refractivity contribution in [3.05, 3.63) is 24.3 Å². The van der Waals surface area contributed by atoms with Crippen LogP contribution in [0.25, 0.3) is 0 Å². The predicted molar refractivity (Wildman–Crippen MR) is 71.3 cm³/mol. The first-order chi connectivity index (χ1) is 9.05. The van der Waals surface area contributed by atoms with E-state index in [0.29, 0.717) is 19.4 Å². The van der Waals surface area contributed by atoms with E-state index in [4.69, 9.17) is 10.8 Å². The van der Waals surface area contributed by atoms with Crippen LogP contribution < -0.4 is 11.1 Å². The summed E-state index contributed by atoms with van der Waals surface area (Å²) in [6.45, 7) is 0.588. The Kier molecular flexibility index (Phi) is 4.04. The fraction of sp³-hybridized carbons (Fsp3) is 0.571. The van der Waals surface area contributed by atoms with Crippen molar-refractivity contribution in [3.63, 3.8) is 0 Å². The van der Waals surface area contributed by atoms with Crippen molar-refractivity contribution in [2.75, 3.05) is 6.54 Å². The quantitative estimate of drug-likeness (QED) is 0.593. The van der Waals surface area contributed by atoms with Crippen molar-refractivity contribution in [2.45, 2.75) is 31.7 Å². The summed E-state index contributed by atoms with van der Waals surface area (Å²) < 4.78 is 0. The van der Waals surface area contributed by atoms with E-state index >= 15 is 0 Å². The van der Waals surface area contributed by atoms with E-state index < -0.39 is 12.0 Å². The van der Waals surface area contributed by atoms with Crippen LogP contribution >= 0.6 is 0 Å². The zero-order valence-corrected chi connectivity index (χ0v) is 10.8. The van der Waals surface area contributed by atoms with Crippen molar-refractivity contribution in [1.82, 2.24) is 5.32 Å². The van der Waals surface area contributed by atoms with Crippen LogP contribution in [0.1, 0.15) is 25.7 Å². The lowest BCUT2D eigenvalue weighted by molar-refractivity contribution is -0.138. The molecule has 0 saturated heterocycles. The van der Waals surface area contributed by atoms with Gasteiger partial charge in [-0.25, -0.2) is 0 Å². The first kappa shape index (κ1) is 13.8. The molecule has 1 spiro atoms. The van der Waals surface area contributed by atoms with Gasteiger partial charge >= 0.3 is 5.97 Å². The summed E-state index contributed by atoms with van der Waals surface area (Å²) in [5.41, 5.74) is 5.39. The molecule has 2 aliphatic rings. The molecule has 0 aromatic rings. The Labute approximate surface area is 112 Å². The molecule has 1 unspecified atom stereocenters. The molecule has 1 fully saturated rings. The van der Waals surface area contributed by atoms with Crippen LogP contribution in [0.15, 0.2) is 24.3 Å². The molecule has 2 atom stereocenters. The van der Waals surface area contributed by atoms with Gasteiger partial charge in [0.25, 0.3) is 0 Å². The molecule has 0 heterocycles. The lowest BCUT2D eigenvalue weighted by atomic mass is 10.1. The number of carboxylic acid groups (broad SMARTS) is 1. The highest BCUT2D eigenvalue weighted by molar-refractivity contribution is 5.84. The number of amides is 1. The second-order valence-corrected chi connectivity index (χ2v) is 5.32. The average Bonchev–Trinajstić information content (AvgIpc) is 2.86. The largest absolute Gasteiger partial charge is 0.480 e. The van der Waals surface area contributed by atoms with Gasteiger partial charge in [-0.2, -0.15) is 0 Å². The molecule has 0 aromatic carbocycles. The molecule has 104 valence electrons. The summed E-state index contributed by atoms with van der Waals surface area (Å²) in [6, 6.07) is -0.795. The molecule has 19 heavy (non-hydrogen) atoms. The zero-order chi connectivity index (χ0) is 13.9. The lowest BCUT2D eigenvalue weighted by Crippen LogP contribution is -2.31. The predicted octanol–water partition coefficient (Wildman–Crippen LogP) is 0.817. The molecule has 2 aliphatic carbocycles. The Morgan fingerprint density at radius 1 is 1.37 bits per heavy atom. The number of aliphatic carboxylic acids is 1. The number of rotatable bonds is 7. The summed E-state index contributed by atoms with van der Waals surface area (Å²) in [6.07, 6.45) is 11.0. The minimum atomic E-state index is -0.969. The highest BCUT2D eigenvalue weighted by Crippen LogP contribution is 2.56. The Morgan fingerprint density at radius 3 is 2.68 bits per heavy atom. The number of nitrogens with one attached hydrogen (secondary N) is 1. The van der Waals surface area contributed by atoms with Gasteiger partial charge < -0.3 is 16.2 Å². The van der Waals surface area contributed by atoms with E-state index in [1.54, 1.807) is 0 Å². The molecule has 5 nitrogen and oxygen atoms in total. The SMILES string of the molecule is N[C@@H](CCCCNC(=O)C1CC12C=CC=C2)C(=O)O. The van der Waals surface area contributed by atoms with Crippen LogP contribution in [0, 0.1) is 11.3 Å². The topological polar surface area (TPSA) is 92.4 Å². The number of hydrogen-bond acceptors (Lipinski definition) is 3. The first-order valence-corrected chi connectivity index (χ1v) is 6.68. The third-order valence-corrected chi connectivity index (χ3v) is 3.85. The lowest BCUT2D eigenvalue weighted by Gasteiger charge is -2.08. The van der Waals surface area contributed by atoms with Crippen molar-refractivity contribution in [3.8, 4) is 0 Å². The van der Waals surface area contributed by atoms with Gasteiger partial charge in [-0.1, -0.05) is 24.3 Å². The van der Waals surface area contributed by atoms with Gasteiger partial charge in [0, 0.05) is 12.0 Å². The normalized spacial score (nSPS) is 23.5. The van der Waals surface area contributed by atoms with E-state index in [9.17, 15) is 9.59 Å². The van der Waals surface area contributed by atoms with Crippen molar-refractivity contribution in [2.24, 2.45) is 17.1 Å². The van der Waals surface area contributed by atoms with Gasteiger partial charge in [-0.05, 0) is 25.7 Å². The molecule has 1 saturated carbocycles. The fourth-order valence-electron chi connectivity index (χ4n) is 2.47. The van der Waals surface area contributed by atoms with Crippen LogP contribution in [-0.4, -0.2) is 29.6 Å². The fourth-order valence-corrected chi connectivity index (χ4v) is 2.47. The Bertz CT molecular complexity index is 416. The number of carbonyl (C=O) groups excluding carboxylic acids is 1. The highest BCUT2D eigenvalue weighted by Gasteiger charge is 2.55. The highest BCUT2D eigenvalue weighted by atomic mass is 16.4. The van der Waals surface area contributed by atoms with Crippen molar-refractivity contribution in [1.29, 1.82) is 0 Å². The van der Waals surface area contributed by atoms with E-state index in [1.807, 2.05) is 12.2 Å². The molecular weight excluding hydrogens is 244 g/mol. The Morgan fingerprint density at radius 2 is 2.05 bits per heavy atom. The number of carbonyl (C=O) groups is 2. The third-order valence-electron chi connectivity index (χ3n) is 3.85.